The summed E-state index contributed by atoms with van der Waals surface area (Å²) < 4.78 is 30.4. The van der Waals surface area contributed by atoms with Crippen LogP contribution in [-0.2, 0) is 16.0 Å². The van der Waals surface area contributed by atoms with Crippen LogP contribution in [0.15, 0.2) is 42.5 Å². The van der Waals surface area contributed by atoms with Crippen molar-refractivity contribution < 1.29 is 33.4 Å². The standard InChI is InChI=1S/C30H39F2N3O5/c1-7-18(3)33-27(39)25-29(5,6)30(31,32)16-35(25)28(40)24(37)22(15-20-11-9-8-10-12-20)34-26(38)21-13-17(2)14-23(36)19(21)4/h8-14,18,22,24-25,36-37H,7,15-16H2,1-6H3,(H,33,39)(H,34,38)/t18-,22+,24+,25-/m1/s1. The molecule has 0 aliphatic carbocycles. The van der Waals surface area contributed by atoms with Crippen molar-refractivity contribution >= 4 is 17.7 Å². The normalized spacial score (nSPS) is 19.9. The molecular formula is C30H39F2N3O5. The minimum atomic E-state index is -3.41. The lowest BCUT2D eigenvalue weighted by molar-refractivity contribution is -0.148. The third-order valence-electron chi connectivity index (χ3n) is 7.86. The van der Waals surface area contributed by atoms with E-state index in [1.54, 1.807) is 57.2 Å². The predicted octanol–water partition coefficient (Wildman–Crippen LogP) is 3.50. The maximum absolute atomic E-state index is 15.2. The van der Waals surface area contributed by atoms with Gasteiger partial charge in [-0.15, -0.1) is 0 Å². The highest BCUT2D eigenvalue weighted by molar-refractivity contribution is 5.97. The van der Waals surface area contributed by atoms with Gasteiger partial charge in [0.25, 0.3) is 17.7 Å². The van der Waals surface area contributed by atoms with Gasteiger partial charge in [-0.05, 0) is 56.9 Å². The first kappa shape index (κ1) is 31.0. The first-order chi connectivity index (χ1) is 18.6. The fourth-order valence-corrected chi connectivity index (χ4v) is 4.97. The average molecular weight is 560 g/mol. The summed E-state index contributed by atoms with van der Waals surface area (Å²) in [5, 5.41) is 26.9. The number of hydrogen-bond acceptors (Lipinski definition) is 5. The number of rotatable bonds is 9. The smallest absolute Gasteiger partial charge is 0.272 e. The van der Waals surface area contributed by atoms with Crippen LogP contribution in [-0.4, -0.2) is 69.5 Å². The van der Waals surface area contributed by atoms with E-state index in [1.165, 1.54) is 19.9 Å². The Morgan fingerprint density at radius 3 is 2.33 bits per heavy atom. The van der Waals surface area contributed by atoms with Gasteiger partial charge in [0.2, 0.25) is 5.91 Å². The van der Waals surface area contributed by atoms with Gasteiger partial charge in [-0.25, -0.2) is 8.78 Å². The Labute approximate surface area is 233 Å². The summed E-state index contributed by atoms with van der Waals surface area (Å²) in [5.74, 6) is -5.96. The van der Waals surface area contributed by atoms with E-state index < -0.39 is 53.8 Å². The number of carbonyl (C=O) groups is 3. The second-order valence-corrected chi connectivity index (χ2v) is 11.3. The molecule has 3 amide bonds. The zero-order valence-corrected chi connectivity index (χ0v) is 23.8. The number of phenolic OH excluding ortho intramolecular Hbond substituents is 1. The first-order valence-electron chi connectivity index (χ1n) is 13.4. The Kier molecular flexibility index (Phi) is 9.24. The summed E-state index contributed by atoms with van der Waals surface area (Å²) in [6.45, 7) is 8.23. The summed E-state index contributed by atoms with van der Waals surface area (Å²) >= 11 is 0. The Morgan fingerprint density at radius 1 is 1.10 bits per heavy atom. The van der Waals surface area contributed by atoms with Crippen molar-refractivity contribution in [2.45, 2.75) is 84.5 Å². The quantitative estimate of drug-likeness (QED) is 0.375. The van der Waals surface area contributed by atoms with Crippen LogP contribution in [0.5, 0.6) is 5.75 Å². The van der Waals surface area contributed by atoms with Crippen LogP contribution in [0.2, 0.25) is 0 Å². The summed E-state index contributed by atoms with van der Waals surface area (Å²) in [6.07, 6.45) is -1.37. The molecule has 10 heteroatoms. The molecule has 4 atom stereocenters. The van der Waals surface area contributed by atoms with Crippen molar-refractivity contribution in [3.05, 3.63) is 64.7 Å². The molecule has 3 rings (SSSR count). The average Bonchev–Trinajstić information content (AvgIpc) is 3.08. The van der Waals surface area contributed by atoms with Crippen molar-refractivity contribution in [1.29, 1.82) is 0 Å². The lowest BCUT2D eigenvalue weighted by Crippen LogP contribution is -2.58. The molecule has 2 aromatic rings. The summed E-state index contributed by atoms with van der Waals surface area (Å²) in [4.78, 5) is 40.9. The number of nitrogens with one attached hydrogen (secondary N) is 2. The van der Waals surface area contributed by atoms with Gasteiger partial charge in [0.15, 0.2) is 6.10 Å². The lowest BCUT2D eigenvalue weighted by atomic mass is 9.81. The number of halogens is 2. The van der Waals surface area contributed by atoms with Crippen LogP contribution in [0.25, 0.3) is 0 Å². The number of likely N-dealkylation sites (tertiary alicyclic amines) is 1. The van der Waals surface area contributed by atoms with Crippen LogP contribution in [0.1, 0.15) is 61.2 Å². The summed E-state index contributed by atoms with van der Waals surface area (Å²) in [6, 6.07) is 8.79. The lowest BCUT2D eigenvalue weighted by Gasteiger charge is -2.34. The van der Waals surface area contributed by atoms with Crippen molar-refractivity contribution in [2.24, 2.45) is 5.41 Å². The van der Waals surface area contributed by atoms with E-state index in [0.717, 1.165) is 4.90 Å². The Morgan fingerprint density at radius 2 is 1.73 bits per heavy atom. The third-order valence-corrected chi connectivity index (χ3v) is 7.86. The van der Waals surface area contributed by atoms with Gasteiger partial charge >= 0.3 is 0 Å². The predicted molar refractivity (Wildman–Crippen MR) is 147 cm³/mol. The molecular weight excluding hydrogens is 520 g/mol. The number of benzene rings is 2. The maximum Gasteiger partial charge on any atom is 0.272 e. The number of alkyl halides is 2. The molecule has 0 aromatic heterocycles. The highest BCUT2D eigenvalue weighted by Gasteiger charge is 2.64. The van der Waals surface area contributed by atoms with Crippen molar-refractivity contribution in [1.82, 2.24) is 15.5 Å². The highest BCUT2D eigenvalue weighted by atomic mass is 19.3. The van der Waals surface area contributed by atoms with E-state index in [1.807, 2.05) is 6.92 Å². The molecule has 1 saturated heterocycles. The van der Waals surface area contributed by atoms with Gasteiger partial charge < -0.3 is 25.7 Å². The maximum atomic E-state index is 15.2. The SMILES string of the molecule is CC[C@@H](C)NC(=O)[C@H]1N(C(=O)[C@@H](O)[C@H](Cc2ccccc2)NC(=O)c2cc(C)cc(O)c2C)CC(F)(F)C1(C)C. The van der Waals surface area contributed by atoms with Crippen LogP contribution in [0, 0.1) is 19.3 Å². The Hall–Kier alpha value is -3.53. The van der Waals surface area contributed by atoms with Gasteiger partial charge in [0.1, 0.15) is 11.8 Å². The number of aryl methyl sites for hydroxylation is 1. The molecule has 1 aliphatic heterocycles. The fourth-order valence-electron chi connectivity index (χ4n) is 4.97. The molecule has 8 nitrogen and oxygen atoms in total. The first-order valence-corrected chi connectivity index (χ1v) is 13.4. The van der Waals surface area contributed by atoms with E-state index in [4.69, 9.17) is 0 Å². The highest BCUT2D eigenvalue weighted by Crippen LogP contribution is 2.48. The number of aromatic hydroxyl groups is 1. The number of amides is 3. The molecule has 40 heavy (non-hydrogen) atoms. The number of hydrogen-bond donors (Lipinski definition) is 4. The van der Waals surface area contributed by atoms with Crippen molar-refractivity contribution in [2.75, 3.05) is 6.54 Å². The van der Waals surface area contributed by atoms with Crippen molar-refractivity contribution in [3.8, 4) is 5.75 Å². The second kappa shape index (κ2) is 11.9. The second-order valence-electron chi connectivity index (χ2n) is 11.3. The van der Waals surface area contributed by atoms with E-state index in [2.05, 4.69) is 10.6 Å². The Balaban J connectivity index is 1.97. The monoisotopic (exact) mass is 559 g/mol. The van der Waals surface area contributed by atoms with E-state index in [9.17, 15) is 24.6 Å². The van der Waals surface area contributed by atoms with Crippen LogP contribution >= 0.6 is 0 Å². The molecule has 0 unspecified atom stereocenters. The summed E-state index contributed by atoms with van der Waals surface area (Å²) in [7, 11) is 0. The van der Waals surface area contributed by atoms with Gasteiger partial charge in [0.05, 0.1) is 18.0 Å². The molecule has 0 bridgehead atoms. The largest absolute Gasteiger partial charge is 0.508 e. The topological polar surface area (TPSA) is 119 Å². The van der Waals surface area contributed by atoms with E-state index in [-0.39, 0.29) is 23.8 Å². The van der Waals surface area contributed by atoms with Gasteiger partial charge in [-0.2, -0.15) is 0 Å². The fraction of sp³-hybridized carbons (Fsp3) is 0.500. The van der Waals surface area contributed by atoms with E-state index >= 15 is 8.78 Å². The van der Waals surface area contributed by atoms with Gasteiger partial charge in [-0.1, -0.05) is 51.1 Å². The molecule has 0 spiro atoms. The molecule has 1 aliphatic rings. The molecule has 1 fully saturated rings. The molecule has 4 N–H and O–H groups in total. The summed E-state index contributed by atoms with van der Waals surface area (Å²) in [5.41, 5.74) is -0.142. The van der Waals surface area contributed by atoms with Gasteiger partial charge in [-0.3, -0.25) is 14.4 Å². The van der Waals surface area contributed by atoms with E-state index in [0.29, 0.717) is 23.1 Å². The number of carbonyl (C=O) groups excluding carboxylic acids is 3. The van der Waals surface area contributed by atoms with Crippen LogP contribution in [0.3, 0.4) is 0 Å². The zero-order chi connectivity index (χ0) is 30.0. The minimum Gasteiger partial charge on any atom is -0.508 e. The zero-order valence-electron chi connectivity index (χ0n) is 23.8. The number of phenols is 1. The molecule has 218 valence electrons. The van der Waals surface area contributed by atoms with Crippen molar-refractivity contribution in [3.63, 3.8) is 0 Å². The minimum absolute atomic E-state index is 0.00763. The van der Waals surface area contributed by atoms with Crippen LogP contribution in [0.4, 0.5) is 8.78 Å². The molecule has 0 saturated carbocycles. The molecule has 2 aromatic carbocycles. The van der Waals surface area contributed by atoms with Crippen LogP contribution < -0.4 is 10.6 Å². The molecule has 0 radical (unpaired) electrons. The number of aliphatic hydroxyl groups excluding tert-OH is 1. The molecule has 1 heterocycles. The number of aliphatic hydroxyl groups is 1. The Bertz CT molecular complexity index is 1250. The number of nitrogens with zero attached hydrogens (tertiary/aromatic N) is 1. The van der Waals surface area contributed by atoms with Gasteiger partial charge in [0, 0.05) is 17.2 Å². The third kappa shape index (κ3) is 6.27.